The summed E-state index contributed by atoms with van der Waals surface area (Å²) in [5, 5.41) is 21.7. The molecule has 43 heavy (non-hydrogen) atoms. The van der Waals surface area contributed by atoms with Gasteiger partial charge in [0.2, 0.25) is 12.0 Å². The first-order valence-electron chi connectivity index (χ1n) is 12.5. The summed E-state index contributed by atoms with van der Waals surface area (Å²) < 4.78 is 37.6. The molecule has 2 aliphatic heterocycles. The fourth-order valence-corrected chi connectivity index (χ4v) is 4.92. The lowest BCUT2D eigenvalue weighted by molar-refractivity contribution is -0.153. The number of nitrogens with two attached hydrogens (primary N) is 2. The molecule has 3 fully saturated rings. The number of rotatable bonds is 12. The molecule has 240 valence electrons. The maximum absolute atomic E-state index is 13.0. The average molecular weight is 652 g/mol. The Bertz CT molecular complexity index is 1320. The number of oxime groups is 1. The third-order valence-corrected chi connectivity index (χ3v) is 7.34. The van der Waals surface area contributed by atoms with Crippen LogP contribution in [0.5, 0.6) is 0 Å². The van der Waals surface area contributed by atoms with Gasteiger partial charge in [-0.15, -0.1) is 11.3 Å². The predicted octanol–water partition coefficient (Wildman–Crippen LogP) is -3.46. The van der Waals surface area contributed by atoms with Crippen LogP contribution in [0.4, 0.5) is 9.93 Å². The van der Waals surface area contributed by atoms with Crippen molar-refractivity contribution in [3.05, 3.63) is 11.1 Å². The van der Waals surface area contributed by atoms with Crippen molar-refractivity contribution in [3.63, 3.8) is 0 Å². The number of cyclic esters (lactones) is 1. The van der Waals surface area contributed by atoms with Gasteiger partial charge in [0.1, 0.15) is 18.3 Å². The second kappa shape index (κ2) is 15.4. The zero-order chi connectivity index (χ0) is 32.4. The van der Waals surface area contributed by atoms with Crippen molar-refractivity contribution in [3.8, 4) is 0 Å². The smallest absolute Gasteiger partial charge is 0.410 e. The third kappa shape index (κ3) is 9.18. The number of nitrogen functional groups attached to an aromatic ring is 1. The van der Waals surface area contributed by atoms with Crippen LogP contribution in [0.25, 0.3) is 0 Å². The molecular weight excluding hydrogens is 618 g/mol. The molecule has 9 N–H and O–H groups in total. The zero-order valence-corrected chi connectivity index (χ0v) is 24.7. The quantitative estimate of drug-likeness (QED) is 0.0288. The van der Waals surface area contributed by atoms with E-state index in [-0.39, 0.29) is 47.7 Å². The van der Waals surface area contributed by atoms with Crippen LogP contribution >= 0.6 is 11.3 Å². The molecule has 2 saturated heterocycles. The Morgan fingerprint density at radius 2 is 2.00 bits per heavy atom. The van der Waals surface area contributed by atoms with E-state index in [1.807, 2.05) is 14.1 Å². The van der Waals surface area contributed by atoms with E-state index < -0.39 is 57.6 Å². The lowest BCUT2D eigenvalue weighted by atomic mass is 9.97. The number of carboxylic acids is 1. The van der Waals surface area contributed by atoms with Crippen molar-refractivity contribution < 1.29 is 51.6 Å². The van der Waals surface area contributed by atoms with Crippen LogP contribution < -0.4 is 27.4 Å². The Labute approximate surface area is 249 Å². The van der Waals surface area contributed by atoms with Gasteiger partial charge < -0.3 is 47.0 Å². The first kappa shape index (κ1) is 35.1. The Hall–Kier alpha value is -4.12. The van der Waals surface area contributed by atoms with Crippen molar-refractivity contribution >= 4 is 62.8 Å². The van der Waals surface area contributed by atoms with Gasteiger partial charge in [0.25, 0.3) is 11.8 Å². The molecule has 0 aromatic carbocycles. The van der Waals surface area contributed by atoms with Gasteiger partial charge in [0, 0.05) is 37.9 Å². The highest BCUT2D eigenvalue weighted by atomic mass is 32.2. The monoisotopic (exact) mass is 651 g/mol. The van der Waals surface area contributed by atoms with E-state index in [1.165, 1.54) is 5.38 Å². The first-order valence-corrected chi connectivity index (χ1v) is 14.7. The first-order chi connectivity index (χ1) is 20.3. The summed E-state index contributed by atoms with van der Waals surface area (Å²) in [6.45, 7) is 0.888. The molecular formula is C21H33N9O11S2. The molecule has 1 saturated carbocycles. The number of thiazole rings is 1. The number of aliphatic carboxylic acids is 1. The maximum atomic E-state index is 13.0. The molecule has 0 bridgehead atoms. The maximum Gasteiger partial charge on any atom is 0.410 e. The van der Waals surface area contributed by atoms with Gasteiger partial charge in [0.15, 0.2) is 10.8 Å². The van der Waals surface area contributed by atoms with E-state index in [2.05, 4.69) is 26.1 Å². The highest BCUT2D eigenvalue weighted by molar-refractivity contribution is 7.84. The Morgan fingerprint density at radius 3 is 2.42 bits per heavy atom. The van der Waals surface area contributed by atoms with Crippen molar-refractivity contribution in [2.24, 2.45) is 10.9 Å². The van der Waals surface area contributed by atoms with E-state index in [9.17, 15) is 42.0 Å². The van der Waals surface area contributed by atoms with Crippen LogP contribution in [0.2, 0.25) is 0 Å². The largest absolute Gasteiger partial charge is 0.478 e. The molecule has 1 aromatic rings. The molecule has 1 aliphatic carbocycles. The van der Waals surface area contributed by atoms with Gasteiger partial charge >= 0.3 is 22.4 Å². The minimum absolute atomic E-state index is 0.0487. The van der Waals surface area contributed by atoms with Crippen molar-refractivity contribution in [2.45, 2.75) is 30.5 Å². The van der Waals surface area contributed by atoms with Gasteiger partial charge in [-0.2, -0.15) is 8.42 Å². The topological polar surface area (TPSA) is 298 Å². The summed E-state index contributed by atoms with van der Waals surface area (Å²) in [6, 6.07) is -2.81. The number of aromatic nitrogens is 1. The number of ether oxygens (including phenoxy) is 1. The van der Waals surface area contributed by atoms with Crippen LogP contribution in [0.3, 0.4) is 0 Å². The highest BCUT2D eigenvalue weighted by Crippen LogP contribution is 2.40. The fourth-order valence-electron chi connectivity index (χ4n) is 3.50. The molecule has 0 spiro atoms. The van der Waals surface area contributed by atoms with Crippen molar-refractivity contribution in [1.29, 1.82) is 0 Å². The van der Waals surface area contributed by atoms with Gasteiger partial charge in [-0.3, -0.25) is 18.9 Å². The third-order valence-electron chi connectivity index (χ3n) is 5.71. The van der Waals surface area contributed by atoms with E-state index >= 15 is 0 Å². The minimum atomic E-state index is -4.99. The molecule has 4 amide bonds. The molecule has 1 aromatic heterocycles. The van der Waals surface area contributed by atoms with Gasteiger partial charge in [0.05, 0.1) is 12.6 Å². The van der Waals surface area contributed by atoms with Crippen LogP contribution in [0, 0.1) is 0 Å². The number of anilines is 1. The second-order valence-corrected chi connectivity index (χ2v) is 11.1. The number of carbonyl (C=O) groups is 5. The summed E-state index contributed by atoms with van der Waals surface area (Å²) in [5.41, 5.74) is 8.43. The Kier molecular flexibility index (Phi) is 12.5. The van der Waals surface area contributed by atoms with Crippen molar-refractivity contribution in [1.82, 2.24) is 30.1 Å². The number of carboxylic acid groups (broad SMARTS) is 1. The average Bonchev–Trinajstić information content (AvgIpc) is 3.45. The van der Waals surface area contributed by atoms with Crippen LogP contribution in [0.15, 0.2) is 10.5 Å². The SMILES string of the molecule is CNC.NCCNC=O.Nc1nc(/C(=N/OC2(C(=O)O)CC2)C(=O)NC2C(=O)N(S(=O)(=O)O)C2CN2CCOC2=O)cs1. The van der Waals surface area contributed by atoms with Gasteiger partial charge in [-0.05, 0) is 14.1 Å². The summed E-state index contributed by atoms with van der Waals surface area (Å²) in [7, 11) is -1.24. The lowest BCUT2D eigenvalue weighted by Crippen LogP contribution is -2.74. The molecule has 20 nitrogen and oxygen atoms in total. The van der Waals surface area contributed by atoms with Gasteiger partial charge in [-0.25, -0.2) is 18.9 Å². The van der Waals surface area contributed by atoms with Crippen LogP contribution in [-0.2, 0) is 39.1 Å². The number of nitrogens with zero attached hydrogens (tertiary/aromatic N) is 4. The number of amides is 4. The predicted molar refractivity (Wildman–Crippen MR) is 149 cm³/mol. The van der Waals surface area contributed by atoms with E-state index in [4.69, 9.17) is 21.0 Å². The number of nitrogens with one attached hydrogen (secondary N) is 3. The molecule has 2 atom stereocenters. The number of hydrogen-bond donors (Lipinski definition) is 7. The Morgan fingerprint density at radius 1 is 1.35 bits per heavy atom. The highest BCUT2D eigenvalue weighted by Gasteiger charge is 2.56. The Balaban J connectivity index is 0.000000630. The summed E-state index contributed by atoms with van der Waals surface area (Å²) in [6.07, 6.45) is 0.209. The van der Waals surface area contributed by atoms with Crippen LogP contribution in [0.1, 0.15) is 18.5 Å². The lowest BCUT2D eigenvalue weighted by Gasteiger charge is -2.45. The minimum Gasteiger partial charge on any atom is -0.478 e. The fraction of sp³-hybridized carbons (Fsp3) is 0.571. The standard InChI is InChI=1S/C16H18N6O10S2.C3H8N2O.C2H7N/c17-14-18-7(6-33-14)9(20-32-16(1-2-16)13(25)26)11(23)19-10-8(5-21-3-4-31-15(21)27)22(12(10)24)34(28,29)30;4-1-2-5-3-6;1-3-2/h6,8,10H,1-5H2,(H2,17,18)(H,19,23)(H,25,26)(H,28,29,30);3H,1-2,4H2,(H,5,6);3H,1-2H3/b20-9-;;. The molecule has 4 rings (SSSR count). The zero-order valence-electron chi connectivity index (χ0n) is 23.1. The second-order valence-electron chi connectivity index (χ2n) is 8.95. The number of carbonyl (C=O) groups excluding carboxylic acids is 4. The van der Waals surface area contributed by atoms with Crippen LogP contribution in [-0.4, -0.2) is 133 Å². The summed E-state index contributed by atoms with van der Waals surface area (Å²) >= 11 is 0.959. The molecule has 22 heteroatoms. The number of hydrogen-bond acceptors (Lipinski definition) is 15. The summed E-state index contributed by atoms with van der Waals surface area (Å²) in [5.74, 6) is -3.48. The van der Waals surface area contributed by atoms with Crippen molar-refractivity contribution in [2.75, 3.05) is 52.6 Å². The normalized spacial score (nSPS) is 20.3. The summed E-state index contributed by atoms with van der Waals surface area (Å²) in [4.78, 5) is 68.0. The number of β-lactam (4-membered cyclic amide) rings is 1. The molecule has 2 unspecified atom stereocenters. The van der Waals surface area contributed by atoms with E-state index in [1.54, 1.807) is 0 Å². The molecule has 3 aliphatic rings. The van der Waals surface area contributed by atoms with E-state index in [0.717, 1.165) is 16.2 Å². The van der Waals surface area contributed by atoms with E-state index in [0.29, 0.717) is 19.5 Å². The van der Waals surface area contributed by atoms with Gasteiger partial charge in [-0.1, -0.05) is 5.16 Å². The molecule has 0 radical (unpaired) electrons. The molecule has 3 heterocycles.